The summed E-state index contributed by atoms with van der Waals surface area (Å²) in [5.41, 5.74) is -2.02. The van der Waals surface area contributed by atoms with Crippen LogP contribution in [0.3, 0.4) is 0 Å². The van der Waals surface area contributed by atoms with Gasteiger partial charge in [0.1, 0.15) is 17.4 Å². The Balaban J connectivity index is 1.78. The zero-order chi connectivity index (χ0) is 33.4. The Morgan fingerprint density at radius 1 is 1.09 bits per heavy atom. The Bertz CT molecular complexity index is 1290. The van der Waals surface area contributed by atoms with Gasteiger partial charge in [-0.15, -0.1) is 13.2 Å². The van der Waals surface area contributed by atoms with Crippen molar-refractivity contribution in [3.63, 3.8) is 0 Å². The van der Waals surface area contributed by atoms with Crippen molar-refractivity contribution in [2.24, 2.45) is 17.3 Å². The summed E-state index contributed by atoms with van der Waals surface area (Å²) in [4.78, 5) is 49.0. The monoisotopic (exact) mass is 623 g/mol. The highest BCUT2D eigenvalue weighted by Crippen LogP contribution is 2.63. The van der Waals surface area contributed by atoms with E-state index in [0.29, 0.717) is 43.9 Å². The van der Waals surface area contributed by atoms with Gasteiger partial charge in [-0.2, -0.15) is 0 Å². The molecule has 3 fully saturated rings. The van der Waals surface area contributed by atoms with Gasteiger partial charge in [-0.1, -0.05) is 32.9 Å². The third-order valence-corrected chi connectivity index (χ3v) is 9.64. The van der Waals surface area contributed by atoms with E-state index >= 15 is 0 Å². The van der Waals surface area contributed by atoms with Gasteiger partial charge in [0.05, 0.1) is 24.0 Å². The van der Waals surface area contributed by atoms with Crippen LogP contribution in [0.2, 0.25) is 0 Å². The minimum absolute atomic E-state index is 0.0606. The molecule has 248 valence electrons. The fourth-order valence-electron chi connectivity index (χ4n) is 8.38. The van der Waals surface area contributed by atoms with Gasteiger partial charge in [0.25, 0.3) is 0 Å². The minimum Gasteiger partial charge on any atom is -0.494 e. The van der Waals surface area contributed by atoms with E-state index in [0.717, 1.165) is 6.42 Å². The first-order valence-electron chi connectivity index (χ1n) is 16.3. The zero-order valence-electron chi connectivity index (χ0n) is 28.3. The van der Waals surface area contributed by atoms with Crippen molar-refractivity contribution in [1.82, 2.24) is 9.80 Å². The predicted molar refractivity (Wildman–Crippen MR) is 176 cm³/mol. The van der Waals surface area contributed by atoms with Crippen molar-refractivity contribution in [3.8, 4) is 5.75 Å². The average Bonchev–Trinajstić information content (AvgIpc) is 3.52. The molecule has 9 heteroatoms. The number of hydrogen-bond donors (Lipinski definition) is 1. The molecule has 1 aromatic carbocycles. The van der Waals surface area contributed by atoms with Gasteiger partial charge in [-0.25, -0.2) is 0 Å². The molecule has 2 bridgehead atoms. The normalized spacial score (nSPS) is 27.3. The van der Waals surface area contributed by atoms with Gasteiger partial charge in [0.15, 0.2) is 0 Å². The molecule has 0 saturated carbocycles. The van der Waals surface area contributed by atoms with Gasteiger partial charge >= 0.3 is 0 Å². The molecule has 5 atom stereocenters. The smallest absolute Gasteiger partial charge is 0.249 e. The molecule has 1 N–H and O–H groups in total. The van der Waals surface area contributed by atoms with Crippen LogP contribution in [0.5, 0.6) is 5.75 Å². The third-order valence-electron chi connectivity index (χ3n) is 9.64. The van der Waals surface area contributed by atoms with Gasteiger partial charge < -0.3 is 29.3 Å². The average molecular weight is 624 g/mol. The van der Waals surface area contributed by atoms with Crippen LogP contribution in [-0.4, -0.2) is 88.3 Å². The Labute approximate surface area is 269 Å². The molecule has 4 rings (SSSR count). The summed E-state index contributed by atoms with van der Waals surface area (Å²) in [5.74, 6) is -1.62. The highest BCUT2D eigenvalue weighted by molar-refractivity contribution is 6.03. The summed E-state index contributed by atoms with van der Waals surface area (Å²) < 4.78 is 12.5. The maximum atomic E-state index is 14.9. The first kappa shape index (κ1) is 34.7. The highest BCUT2D eigenvalue weighted by atomic mass is 16.5. The van der Waals surface area contributed by atoms with Crippen molar-refractivity contribution >= 4 is 23.4 Å². The number of aliphatic hydroxyl groups is 1. The van der Waals surface area contributed by atoms with Crippen LogP contribution < -0.4 is 9.64 Å². The Hall–Kier alpha value is -3.17. The number of likely N-dealkylation sites (tertiary alicyclic amines) is 1. The molecule has 3 aliphatic heterocycles. The lowest BCUT2D eigenvalue weighted by Gasteiger charge is -2.45. The number of ether oxygens (including phenoxy) is 2. The maximum absolute atomic E-state index is 14.9. The Morgan fingerprint density at radius 2 is 1.73 bits per heavy atom. The van der Waals surface area contributed by atoms with Gasteiger partial charge in [0, 0.05) is 37.5 Å². The van der Waals surface area contributed by atoms with Gasteiger partial charge in [0.2, 0.25) is 17.7 Å². The molecule has 3 amide bonds. The number of anilines is 1. The Morgan fingerprint density at radius 3 is 2.29 bits per heavy atom. The molecule has 3 heterocycles. The number of amides is 3. The molecule has 9 nitrogen and oxygen atoms in total. The SMILES string of the molecule is C=CCN(C(=O)[C@H]1[C@H]2C(=O)N(CCCO)C(C(=O)N(CC=C)C(C)(C)CC(C)(C)C)C23CC[C@]1(C)O3)c1ccc(OCC)cc1. The number of benzene rings is 1. The van der Waals surface area contributed by atoms with Crippen molar-refractivity contribution in [2.45, 2.75) is 96.9 Å². The zero-order valence-corrected chi connectivity index (χ0v) is 28.3. The fraction of sp³-hybridized carbons (Fsp3) is 0.639. The lowest BCUT2D eigenvalue weighted by Crippen LogP contribution is -2.61. The van der Waals surface area contributed by atoms with Gasteiger partial charge in [-0.3, -0.25) is 14.4 Å². The van der Waals surface area contributed by atoms with E-state index in [1.165, 1.54) is 0 Å². The highest BCUT2D eigenvalue weighted by Gasteiger charge is 2.78. The van der Waals surface area contributed by atoms with Crippen molar-refractivity contribution in [3.05, 3.63) is 49.6 Å². The first-order valence-corrected chi connectivity index (χ1v) is 16.3. The van der Waals surface area contributed by atoms with Crippen molar-refractivity contribution in [2.75, 3.05) is 37.7 Å². The number of rotatable bonds is 14. The van der Waals surface area contributed by atoms with E-state index in [1.54, 1.807) is 22.0 Å². The van der Waals surface area contributed by atoms with Crippen LogP contribution in [0.1, 0.15) is 74.1 Å². The molecule has 0 radical (unpaired) electrons. The number of nitrogens with zero attached hydrogens (tertiary/aromatic N) is 3. The van der Waals surface area contributed by atoms with E-state index in [-0.39, 0.29) is 42.8 Å². The summed E-state index contributed by atoms with van der Waals surface area (Å²) in [5, 5.41) is 9.76. The number of carbonyl (C=O) groups excluding carboxylic acids is 3. The third kappa shape index (κ3) is 6.30. The maximum Gasteiger partial charge on any atom is 0.249 e. The van der Waals surface area contributed by atoms with Crippen LogP contribution in [0, 0.1) is 17.3 Å². The second-order valence-electron chi connectivity index (χ2n) is 14.8. The molecule has 45 heavy (non-hydrogen) atoms. The molecule has 1 aromatic rings. The summed E-state index contributed by atoms with van der Waals surface area (Å²) in [7, 11) is 0. The molecule has 0 aromatic heterocycles. The summed E-state index contributed by atoms with van der Waals surface area (Å²) in [6.45, 7) is 23.3. The van der Waals surface area contributed by atoms with E-state index in [4.69, 9.17) is 9.47 Å². The molecule has 0 aliphatic carbocycles. The first-order chi connectivity index (χ1) is 21.1. The molecule has 3 aliphatic rings. The molecule has 2 unspecified atom stereocenters. The standard InChI is InChI=1S/C36H53N3O6/c1-10-20-37(25-14-16-26(17-15-25)44-12-3)30(41)27-28-31(42)38(22-13-23-40)29(36(28)19-18-35(27,9)45-36)32(43)39(21-11-2)34(7,8)24-33(4,5)6/h10-11,14-17,27-29,40H,1-2,12-13,18-24H2,3-9H3/t27-,28+,29?,35+,36?/m1/s1. The molecule has 3 saturated heterocycles. The van der Waals surface area contributed by atoms with E-state index in [9.17, 15) is 19.5 Å². The Kier molecular flexibility index (Phi) is 9.96. The van der Waals surface area contributed by atoms with Crippen molar-refractivity contribution < 1.29 is 29.0 Å². The van der Waals surface area contributed by atoms with Crippen LogP contribution >= 0.6 is 0 Å². The van der Waals surface area contributed by atoms with E-state index in [1.807, 2.05) is 56.9 Å². The summed E-state index contributed by atoms with van der Waals surface area (Å²) in [6, 6.07) is 6.39. The number of carbonyl (C=O) groups is 3. The summed E-state index contributed by atoms with van der Waals surface area (Å²) >= 11 is 0. The predicted octanol–water partition coefficient (Wildman–Crippen LogP) is 4.98. The van der Waals surface area contributed by atoms with Gasteiger partial charge in [-0.05, 0) is 83.1 Å². The molecule has 1 spiro atoms. The minimum atomic E-state index is -1.16. The second kappa shape index (κ2) is 12.9. The van der Waals surface area contributed by atoms with Crippen LogP contribution in [0.4, 0.5) is 5.69 Å². The summed E-state index contributed by atoms with van der Waals surface area (Å²) in [6.07, 6.45) is 5.46. The topological polar surface area (TPSA) is 99.6 Å². The van der Waals surface area contributed by atoms with E-state index < -0.39 is 34.6 Å². The number of fused-ring (bicyclic) bond motifs is 1. The number of hydrogen-bond acceptors (Lipinski definition) is 6. The lowest BCUT2D eigenvalue weighted by atomic mass is 9.65. The molecular weight excluding hydrogens is 570 g/mol. The largest absolute Gasteiger partial charge is 0.494 e. The fourth-order valence-corrected chi connectivity index (χ4v) is 8.38. The van der Waals surface area contributed by atoms with Crippen LogP contribution in [0.15, 0.2) is 49.6 Å². The quantitative estimate of drug-likeness (QED) is 0.294. The lowest BCUT2D eigenvalue weighted by molar-refractivity contribution is -0.156. The second-order valence-corrected chi connectivity index (χ2v) is 14.8. The van der Waals surface area contributed by atoms with E-state index in [2.05, 4.69) is 33.9 Å². The van der Waals surface area contributed by atoms with Crippen LogP contribution in [0.25, 0.3) is 0 Å². The number of aliphatic hydroxyl groups excluding tert-OH is 1. The van der Waals surface area contributed by atoms with Crippen molar-refractivity contribution in [1.29, 1.82) is 0 Å². The molecular formula is C36H53N3O6. The van der Waals surface area contributed by atoms with Crippen LogP contribution in [-0.2, 0) is 19.1 Å².